The van der Waals surface area contributed by atoms with Gasteiger partial charge < -0.3 is 9.59 Å². The van der Waals surface area contributed by atoms with Gasteiger partial charge in [-0.3, -0.25) is 4.79 Å². The van der Waals surface area contributed by atoms with E-state index < -0.39 is 22.2 Å². The zero-order chi connectivity index (χ0) is 13.0. The number of aliphatic carboxylic acids is 1. The molecule has 0 unspecified atom stereocenters. The normalized spacial score (nSPS) is 14.8. The van der Waals surface area contributed by atoms with Crippen molar-refractivity contribution in [2.75, 3.05) is 33.9 Å². The van der Waals surface area contributed by atoms with E-state index in [1.54, 1.807) is 0 Å². The number of likely N-dealkylation sites (N-methyl/N-ethyl adjacent to an activating group) is 1. The number of nitrogens with zero attached hydrogens (tertiary/aromatic N) is 1. The molecule has 0 aromatic heterocycles. The molecule has 0 aliphatic heterocycles. The molecule has 0 fully saturated rings. The lowest BCUT2D eigenvalue weighted by molar-refractivity contribution is -0.874. The Morgan fingerprint density at radius 1 is 1.38 bits per heavy atom. The standard InChI is InChI=1S/C8H17NO6S/c1-9(2,3)6-7(5-8(10)11)14-15-16(4,12)13/h7H,5-6H2,1-4H3/p+1/t7-/m0/s1. The highest BCUT2D eigenvalue weighted by Crippen LogP contribution is 2.06. The van der Waals surface area contributed by atoms with E-state index in [9.17, 15) is 13.2 Å². The summed E-state index contributed by atoms with van der Waals surface area (Å²) in [6.45, 7) is 0.321. The first-order valence-electron chi connectivity index (χ1n) is 4.57. The summed E-state index contributed by atoms with van der Waals surface area (Å²) in [6, 6.07) is 0. The van der Waals surface area contributed by atoms with E-state index in [0.717, 1.165) is 6.26 Å². The predicted octanol–water partition coefficient (Wildman–Crippen LogP) is -0.556. The number of carboxylic acids is 1. The van der Waals surface area contributed by atoms with Crippen molar-refractivity contribution in [3.8, 4) is 0 Å². The Labute approximate surface area is 95.2 Å². The van der Waals surface area contributed by atoms with Crippen LogP contribution >= 0.6 is 0 Å². The Balaban J connectivity index is 4.38. The van der Waals surface area contributed by atoms with Crippen LogP contribution in [0.25, 0.3) is 0 Å². The van der Waals surface area contributed by atoms with Crippen molar-refractivity contribution in [1.82, 2.24) is 0 Å². The summed E-state index contributed by atoms with van der Waals surface area (Å²) < 4.78 is 25.9. The second-order valence-corrected chi connectivity index (χ2v) is 6.11. The second kappa shape index (κ2) is 5.58. The minimum atomic E-state index is -3.73. The highest BCUT2D eigenvalue weighted by molar-refractivity contribution is 7.85. The third-order valence-electron chi connectivity index (χ3n) is 1.45. The van der Waals surface area contributed by atoms with Gasteiger partial charge in [-0.05, 0) is 0 Å². The molecule has 0 saturated heterocycles. The first kappa shape index (κ1) is 15.3. The molecule has 8 heteroatoms. The van der Waals surface area contributed by atoms with Crippen LogP contribution in [0.3, 0.4) is 0 Å². The first-order valence-corrected chi connectivity index (χ1v) is 6.38. The topological polar surface area (TPSA) is 89.9 Å². The van der Waals surface area contributed by atoms with Crippen molar-refractivity contribution in [3.05, 3.63) is 0 Å². The summed E-state index contributed by atoms with van der Waals surface area (Å²) in [5, 5.41) is 8.62. The van der Waals surface area contributed by atoms with Crippen LogP contribution in [-0.4, -0.2) is 64.0 Å². The second-order valence-electron chi connectivity index (χ2n) is 4.56. The Bertz CT molecular complexity index is 331. The summed E-state index contributed by atoms with van der Waals surface area (Å²) in [5.74, 6) is -1.07. The van der Waals surface area contributed by atoms with Gasteiger partial charge in [-0.1, -0.05) is 0 Å². The molecule has 0 bridgehead atoms. The molecule has 0 amide bonds. The third kappa shape index (κ3) is 9.84. The van der Waals surface area contributed by atoms with Gasteiger partial charge in [0.1, 0.15) is 6.54 Å². The SMILES string of the molecule is C[N+](C)(C)C[C@H](CC(=O)O)OOS(C)(=O)=O. The van der Waals surface area contributed by atoms with Crippen LogP contribution in [0.5, 0.6) is 0 Å². The molecule has 0 heterocycles. The maximum Gasteiger partial charge on any atom is 0.306 e. The van der Waals surface area contributed by atoms with E-state index in [1.807, 2.05) is 21.1 Å². The Hall–Kier alpha value is -0.700. The molecule has 16 heavy (non-hydrogen) atoms. The van der Waals surface area contributed by atoms with Crippen LogP contribution in [0.15, 0.2) is 0 Å². The third-order valence-corrected chi connectivity index (χ3v) is 1.78. The van der Waals surface area contributed by atoms with Gasteiger partial charge in [0.05, 0.1) is 33.8 Å². The van der Waals surface area contributed by atoms with Crippen LogP contribution in [0.4, 0.5) is 0 Å². The van der Waals surface area contributed by atoms with Gasteiger partial charge in [0.25, 0.3) is 10.1 Å². The molecule has 0 aromatic rings. The van der Waals surface area contributed by atoms with E-state index in [2.05, 4.69) is 9.22 Å². The number of carboxylic acid groups (broad SMARTS) is 1. The Morgan fingerprint density at radius 2 is 1.88 bits per heavy atom. The maximum absolute atomic E-state index is 10.7. The Kier molecular flexibility index (Phi) is 5.33. The highest BCUT2D eigenvalue weighted by atomic mass is 32.2. The molecule has 1 N–H and O–H groups in total. The molecule has 0 spiro atoms. The van der Waals surface area contributed by atoms with E-state index in [1.165, 1.54) is 0 Å². The summed E-state index contributed by atoms with van der Waals surface area (Å²) in [7, 11) is 1.76. The van der Waals surface area contributed by atoms with E-state index in [4.69, 9.17) is 5.11 Å². The minimum Gasteiger partial charge on any atom is -0.481 e. The molecular weight excluding hydrogens is 238 g/mol. The average molecular weight is 256 g/mol. The molecule has 0 aliphatic carbocycles. The summed E-state index contributed by atoms with van der Waals surface area (Å²) in [4.78, 5) is 15.1. The zero-order valence-electron chi connectivity index (χ0n) is 9.84. The van der Waals surface area contributed by atoms with E-state index in [0.29, 0.717) is 11.0 Å². The summed E-state index contributed by atoms with van der Waals surface area (Å²) in [6.07, 6.45) is -0.297. The van der Waals surface area contributed by atoms with Crippen molar-refractivity contribution < 1.29 is 32.0 Å². The molecule has 0 aliphatic rings. The van der Waals surface area contributed by atoms with E-state index >= 15 is 0 Å². The van der Waals surface area contributed by atoms with Gasteiger partial charge in [0.15, 0.2) is 6.10 Å². The monoisotopic (exact) mass is 256 g/mol. The lowest BCUT2D eigenvalue weighted by Gasteiger charge is -2.27. The van der Waals surface area contributed by atoms with Gasteiger partial charge in [-0.25, -0.2) is 4.89 Å². The number of hydrogen-bond acceptors (Lipinski definition) is 5. The highest BCUT2D eigenvalue weighted by Gasteiger charge is 2.24. The van der Waals surface area contributed by atoms with Gasteiger partial charge in [-0.15, -0.1) is 4.33 Å². The van der Waals surface area contributed by atoms with Gasteiger partial charge in [-0.2, -0.15) is 8.42 Å². The maximum atomic E-state index is 10.7. The number of rotatable bonds is 7. The summed E-state index contributed by atoms with van der Waals surface area (Å²) in [5.41, 5.74) is 0. The van der Waals surface area contributed by atoms with Crippen molar-refractivity contribution >= 4 is 16.1 Å². The number of quaternary nitrogens is 1. The van der Waals surface area contributed by atoms with Gasteiger partial charge in [0.2, 0.25) is 0 Å². The summed E-state index contributed by atoms with van der Waals surface area (Å²) >= 11 is 0. The van der Waals surface area contributed by atoms with Gasteiger partial charge >= 0.3 is 5.97 Å². The lowest BCUT2D eigenvalue weighted by atomic mass is 10.2. The van der Waals surface area contributed by atoms with Crippen molar-refractivity contribution in [2.24, 2.45) is 0 Å². The van der Waals surface area contributed by atoms with Crippen molar-refractivity contribution in [1.29, 1.82) is 0 Å². The quantitative estimate of drug-likeness (QED) is 0.373. The molecule has 0 rings (SSSR count). The van der Waals surface area contributed by atoms with Crippen LogP contribution in [0.2, 0.25) is 0 Å². The minimum absolute atomic E-state index is 0.314. The van der Waals surface area contributed by atoms with Gasteiger partial charge in [0, 0.05) is 0 Å². The molecule has 0 aromatic carbocycles. The van der Waals surface area contributed by atoms with Crippen LogP contribution in [0, 0.1) is 0 Å². The molecule has 0 saturated carbocycles. The number of carbonyl (C=O) groups is 1. The van der Waals surface area contributed by atoms with Crippen LogP contribution in [-0.2, 0) is 24.1 Å². The largest absolute Gasteiger partial charge is 0.481 e. The van der Waals surface area contributed by atoms with Crippen molar-refractivity contribution in [3.63, 3.8) is 0 Å². The molecule has 0 radical (unpaired) electrons. The molecule has 96 valence electrons. The number of hydrogen-bond donors (Lipinski definition) is 1. The first-order chi connectivity index (χ1) is 6.99. The average Bonchev–Trinajstić information content (AvgIpc) is 1.94. The Morgan fingerprint density at radius 3 is 2.19 bits per heavy atom. The smallest absolute Gasteiger partial charge is 0.306 e. The molecular formula is C8H18NO6S+. The van der Waals surface area contributed by atoms with E-state index in [-0.39, 0.29) is 6.42 Å². The lowest BCUT2D eigenvalue weighted by Crippen LogP contribution is -2.43. The zero-order valence-corrected chi connectivity index (χ0v) is 10.7. The fourth-order valence-electron chi connectivity index (χ4n) is 1.06. The molecule has 7 nitrogen and oxygen atoms in total. The van der Waals surface area contributed by atoms with Crippen molar-refractivity contribution in [2.45, 2.75) is 12.5 Å². The van der Waals surface area contributed by atoms with Crippen LogP contribution < -0.4 is 0 Å². The fraction of sp³-hybridized carbons (Fsp3) is 0.875. The van der Waals surface area contributed by atoms with Crippen LogP contribution in [0.1, 0.15) is 6.42 Å². The fourth-order valence-corrected chi connectivity index (χ4v) is 1.32. The molecule has 1 atom stereocenters. The predicted molar refractivity (Wildman–Crippen MR) is 56.0 cm³/mol.